The number of nitrogens with zero attached hydrogens (tertiary/aromatic N) is 1. The summed E-state index contributed by atoms with van der Waals surface area (Å²) in [6.07, 6.45) is 8.00. The Hall–Kier alpha value is 0.200. The molecule has 1 saturated carbocycles. The lowest BCUT2D eigenvalue weighted by Crippen LogP contribution is -2.40. The molecule has 1 heterocycles. The van der Waals surface area contributed by atoms with Crippen LogP contribution >= 0.6 is 11.6 Å². The fourth-order valence-electron chi connectivity index (χ4n) is 3.62. The summed E-state index contributed by atoms with van der Waals surface area (Å²) in [6, 6.07) is 0. The molecule has 0 N–H and O–H groups in total. The molecule has 0 aromatic carbocycles. The standard InChI is InChI=1S/C13H24ClNO2S/c1-13(6-5-12(14)9-13)8-11-4-3-7-15(10-11)18(2,16)17/h11-12H,3-10H2,1-2H3. The van der Waals surface area contributed by atoms with E-state index in [9.17, 15) is 8.42 Å². The molecule has 3 nitrogen and oxygen atoms in total. The first kappa shape index (κ1) is 14.6. The van der Waals surface area contributed by atoms with Gasteiger partial charge in [0.1, 0.15) is 0 Å². The van der Waals surface area contributed by atoms with Crippen molar-refractivity contribution in [3.8, 4) is 0 Å². The molecule has 1 aliphatic carbocycles. The van der Waals surface area contributed by atoms with E-state index >= 15 is 0 Å². The molecular formula is C13H24ClNO2S. The smallest absolute Gasteiger partial charge is 0.211 e. The maximum Gasteiger partial charge on any atom is 0.211 e. The second kappa shape index (κ2) is 5.29. The Morgan fingerprint density at radius 2 is 2.11 bits per heavy atom. The molecule has 0 amide bonds. The maximum atomic E-state index is 11.6. The fourth-order valence-corrected chi connectivity index (χ4v) is 5.04. The van der Waals surface area contributed by atoms with E-state index in [0.717, 1.165) is 32.1 Å². The third-order valence-corrected chi connectivity index (χ3v) is 6.15. The lowest BCUT2D eigenvalue weighted by molar-refractivity contribution is 0.180. The summed E-state index contributed by atoms with van der Waals surface area (Å²) in [5.41, 5.74) is 0.331. The van der Waals surface area contributed by atoms with Crippen LogP contribution in [0.5, 0.6) is 0 Å². The van der Waals surface area contributed by atoms with Crippen molar-refractivity contribution in [3.63, 3.8) is 0 Å². The first-order valence-electron chi connectivity index (χ1n) is 6.88. The third-order valence-electron chi connectivity index (χ3n) is 4.51. The van der Waals surface area contributed by atoms with Gasteiger partial charge in [0.2, 0.25) is 10.0 Å². The van der Waals surface area contributed by atoms with Crippen LogP contribution in [0.3, 0.4) is 0 Å². The summed E-state index contributed by atoms with van der Waals surface area (Å²) < 4.78 is 24.9. The van der Waals surface area contributed by atoms with Gasteiger partial charge in [-0.25, -0.2) is 12.7 Å². The quantitative estimate of drug-likeness (QED) is 0.750. The lowest BCUT2D eigenvalue weighted by atomic mass is 9.77. The molecule has 18 heavy (non-hydrogen) atoms. The zero-order valence-electron chi connectivity index (χ0n) is 11.4. The number of halogens is 1. The molecule has 0 aromatic rings. The van der Waals surface area contributed by atoms with Gasteiger partial charge >= 0.3 is 0 Å². The minimum atomic E-state index is -3.02. The predicted molar refractivity (Wildman–Crippen MR) is 75.4 cm³/mol. The van der Waals surface area contributed by atoms with E-state index in [2.05, 4.69) is 6.92 Å². The fraction of sp³-hybridized carbons (Fsp3) is 1.00. The van der Waals surface area contributed by atoms with E-state index in [4.69, 9.17) is 11.6 Å². The zero-order chi connectivity index (χ0) is 13.4. The van der Waals surface area contributed by atoms with Crippen molar-refractivity contribution in [2.24, 2.45) is 11.3 Å². The summed E-state index contributed by atoms with van der Waals surface area (Å²) >= 11 is 6.21. The van der Waals surface area contributed by atoms with Gasteiger partial charge in [0.05, 0.1) is 6.26 Å². The predicted octanol–water partition coefficient (Wildman–Crippen LogP) is 2.85. The number of hydrogen-bond donors (Lipinski definition) is 0. The summed E-state index contributed by atoms with van der Waals surface area (Å²) in [5.74, 6) is 0.514. The van der Waals surface area contributed by atoms with Crippen LogP contribution in [0.15, 0.2) is 0 Å². The molecular weight excluding hydrogens is 270 g/mol. The Kier molecular flexibility index (Phi) is 4.30. The van der Waals surface area contributed by atoms with E-state index in [0.29, 0.717) is 29.8 Å². The minimum absolute atomic E-state index is 0.324. The van der Waals surface area contributed by atoms with Crippen LogP contribution in [0.2, 0.25) is 0 Å². The number of hydrogen-bond acceptors (Lipinski definition) is 2. The van der Waals surface area contributed by atoms with E-state index in [-0.39, 0.29) is 0 Å². The van der Waals surface area contributed by atoms with Crippen LogP contribution < -0.4 is 0 Å². The highest BCUT2D eigenvalue weighted by atomic mass is 35.5. The van der Waals surface area contributed by atoms with E-state index in [1.165, 1.54) is 12.7 Å². The molecule has 1 aliphatic heterocycles. The SMILES string of the molecule is CC1(CC2CCCN(S(C)(=O)=O)C2)CCC(Cl)C1. The van der Waals surface area contributed by atoms with Crippen molar-refractivity contribution in [2.75, 3.05) is 19.3 Å². The second-order valence-electron chi connectivity index (χ2n) is 6.48. The van der Waals surface area contributed by atoms with Crippen molar-refractivity contribution in [2.45, 2.75) is 50.8 Å². The van der Waals surface area contributed by atoms with E-state index < -0.39 is 10.0 Å². The van der Waals surface area contributed by atoms with Gasteiger partial charge in [0.15, 0.2) is 0 Å². The van der Waals surface area contributed by atoms with Crippen molar-refractivity contribution in [1.29, 1.82) is 0 Å². The Morgan fingerprint density at radius 1 is 1.39 bits per heavy atom. The highest BCUT2D eigenvalue weighted by molar-refractivity contribution is 7.88. The topological polar surface area (TPSA) is 37.4 Å². The van der Waals surface area contributed by atoms with Gasteiger partial charge in [-0.15, -0.1) is 11.6 Å². The van der Waals surface area contributed by atoms with Crippen LogP contribution in [0, 0.1) is 11.3 Å². The molecule has 3 unspecified atom stereocenters. The Bertz CT molecular complexity index is 398. The first-order valence-corrected chi connectivity index (χ1v) is 9.16. The van der Waals surface area contributed by atoms with Crippen molar-refractivity contribution < 1.29 is 8.42 Å². The number of sulfonamides is 1. The average molecular weight is 294 g/mol. The van der Waals surface area contributed by atoms with Crippen molar-refractivity contribution >= 4 is 21.6 Å². The molecule has 0 radical (unpaired) electrons. The Labute approximate surface area is 116 Å². The molecule has 2 fully saturated rings. The van der Waals surface area contributed by atoms with Crippen LogP contribution in [0.4, 0.5) is 0 Å². The Balaban J connectivity index is 1.94. The summed E-state index contributed by atoms with van der Waals surface area (Å²) in [4.78, 5) is 0. The molecule has 0 bridgehead atoms. The van der Waals surface area contributed by atoms with E-state index in [1.807, 2.05) is 0 Å². The third kappa shape index (κ3) is 3.61. The summed E-state index contributed by atoms with van der Waals surface area (Å²) in [7, 11) is -3.02. The number of rotatable bonds is 3. The number of piperidine rings is 1. The van der Waals surface area contributed by atoms with Crippen LogP contribution in [-0.2, 0) is 10.0 Å². The number of alkyl halides is 1. The average Bonchev–Trinajstić information content (AvgIpc) is 2.57. The first-order chi connectivity index (χ1) is 8.28. The van der Waals surface area contributed by atoms with Gasteiger partial charge in [-0.2, -0.15) is 0 Å². The highest BCUT2D eigenvalue weighted by Gasteiger charge is 2.37. The monoisotopic (exact) mass is 293 g/mol. The molecule has 106 valence electrons. The summed E-state index contributed by atoms with van der Waals surface area (Å²) in [5, 5.41) is 0.324. The minimum Gasteiger partial charge on any atom is -0.213 e. The largest absolute Gasteiger partial charge is 0.213 e. The molecule has 5 heteroatoms. The molecule has 0 aromatic heterocycles. The van der Waals surface area contributed by atoms with E-state index in [1.54, 1.807) is 4.31 Å². The van der Waals surface area contributed by atoms with Gasteiger partial charge < -0.3 is 0 Å². The molecule has 1 saturated heterocycles. The summed E-state index contributed by atoms with van der Waals surface area (Å²) in [6.45, 7) is 3.72. The van der Waals surface area contributed by atoms with Gasteiger partial charge in [0, 0.05) is 18.5 Å². The Morgan fingerprint density at radius 3 is 2.67 bits per heavy atom. The normalized spacial score (nSPS) is 39.1. The molecule has 3 atom stereocenters. The van der Waals surface area contributed by atoms with Gasteiger partial charge in [0.25, 0.3) is 0 Å². The van der Waals surface area contributed by atoms with Crippen molar-refractivity contribution in [3.05, 3.63) is 0 Å². The van der Waals surface area contributed by atoms with Gasteiger partial charge in [-0.3, -0.25) is 0 Å². The second-order valence-corrected chi connectivity index (χ2v) is 9.08. The van der Waals surface area contributed by atoms with Crippen LogP contribution in [0.1, 0.15) is 45.4 Å². The van der Waals surface area contributed by atoms with Gasteiger partial charge in [-0.1, -0.05) is 6.92 Å². The molecule has 2 rings (SSSR count). The van der Waals surface area contributed by atoms with Crippen molar-refractivity contribution in [1.82, 2.24) is 4.31 Å². The molecule has 2 aliphatic rings. The lowest BCUT2D eigenvalue weighted by Gasteiger charge is -2.35. The zero-order valence-corrected chi connectivity index (χ0v) is 12.9. The van der Waals surface area contributed by atoms with Gasteiger partial charge in [-0.05, 0) is 49.9 Å². The molecule has 0 spiro atoms. The van der Waals surface area contributed by atoms with Crippen LogP contribution in [0.25, 0.3) is 0 Å². The highest BCUT2D eigenvalue weighted by Crippen LogP contribution is 2.46. The maximum absolute atomic E-state index is 11.6. The van der Waals surface area contributed by atoms with Crippen LogP contribution in [-0.4, -0.2) is 37.4 Å².